The van der Waals surface area contributed by atoms with Gasteiger partial charge in [-0.15, -0.1) is 0 Å². The third kappa shape index (κ3) is 4.08. The van der Waals surface area contributed by atoms with Crippen LogP contribution in [0.25, 0.3) is 22.3 Å². The molecule has 1 fully saturated rings. The molecule has 1 aliphatic heterocycles. The van der Waals surface area contributed by atoms with E-state index in [0.29, 0.717) is 5.75 Å². The van der Waals surface area contributed by atoms with Crippen molar-refractivity contribution < 1.29 is 49.3 Å². The Kier molecular flexibility index (Phi) is 6.15. The van der Waals surface area contributed by atoms with E-state index < -0.39 is 60.0 Å². The van der Waals surface area contributed by atoms with Crippen molar-refractivity contribution >= 4 is 11.0 Å². The maximum absolute atomic E-state index is 13.3. The summed E-state index contributed by atoms with van der Waals surface area (Å²) in [6.07, 6.45) is -8.01. The van der Waals surface area contributed by atoms with Crippen LogP contribution in [0, 0.1) is 0 Å². The third-order valence-corrected chi connectivity index (χ3v) is 5.38. The van der Waals surface area contributed by atoms with E-state index in [1.54, 1.807) is 0 Å². The molecule has 6 N–H and O–H groups in total. The van der Waals surface area contributed by atoms with Gasteiger partial charge in [0.25, 0.3) is 0 Å². The minimum absolute atomic E-state index is 0.0992. The van der Waals surface area contributed by atoms with E-state index in [0.717, 1.165) is 6.07 Å². The van der Waals surface area contributed by atoms with Crippen LogP contribution < -0.4 is 14.9 Å². The summed E-state index contributed by atoms with van der Waals surface area (Å²) in [4.78, 5) is 13.3. The van der Waals surface area contributed by atoms with Crippen LogP contribution in [0.1, 0.15) is 0 Å². The fraction of sp³-hybridized carbons (Fsp3) is 0.318. The van der Waals surface area contributed by atoms with Gasteiger partial charge in [0.2, 0.25) is 17.5 Å². The highest BCUT2D eigenvalue weighted by Crippen LogP contribution is 2.37. The van der Waals surface area contributed by atoms with Gasteiger partial charge in [0, 0.05) is 11.6 Å². The van der Waals surface area contributed by atoms with Gasteiger partial charge < -0.3 is 49.3 Å². The van der Waals surface area contributed by atoms with Gasteiger partial charge >= 0.3 is 0 Å². The Hall–Kier alpha value is -3.35. The fourth-order valence-corrected chi connectivity index (χ4v) is 3.53. The molecule has 2 aromatic carbocycles. The Morgan fingerprint density at radius 2 is 1.73 bits per heavy atom. The van der Waals surface area contributed by atoms with Crippen molar-refractivity contribution in [3.8, 4) is 34.3 Å². The first-order valence-corrected chi connectivity index (χ1v) is 9.89. The lowest BCUT2D eigenvalue weighted by atomic mass is 9.99. The molecule has 176 valence electrons. The summed E-state index contributed by atoms with van der Waals surface area (Å²) in [5, 5.41) is 59.4. The number of phenolic OH excluding ortho intramolecular Hbond substituents is 2. The van der Waals surface area contributed by atoms with Crippen LogP contribution in [0.4, 0.5) is 0 Å². The number of methoxy groups -OCH3 is 1. The quantitative estimate of drug-likeness (QED) is 0.282. The van der Waals surface area contributed by atoms with E-state index in [9.17, 15) is 35.4 Å². The van der Waals surface area contributed by atoms with Crippen molar-refractivity contribution in [2.24, 2.45) is 0 Å². The Morgan fingerprint density at radius 1 is 0.970 bits per heavy atom. The largest absolute Gasteiger partial charge is 0.504 e. The van der Waals surface area contributed by atoms with Crippen molar-refractivity contribution in [2.45, 2.75) is 30.7 Å². The SMILES string of the molecule is COc1ccc2c(=O)c(O[C@@H]3O[C@H](CO)[C@@H](O)[C@H](O)[C@H]3O)c(-c3ccc(O)c(O)c3)oc2c1. The van der Waals surface area contributed by atoms with Gasteiger partial charge in [-0.05, 0) is 30.3 Å². The molecule has 0 radical (unpaired) electrons. The van der Waals surface area contributed by atoms with E-state index in [2.05, 4.69) is 0 Å². The van der Waals surface area contributed by atoms with Gasteiger partial charge in [-0.25, -0.2) is 0 Å². The van der Waals surface area contributed by atoms with Gasteiger partial charge in [-0.2, -0.15) is 0 Å². The van der Waals surface area contributed by atoms with Crippen molar-refractivity contribution in [3.05, 3.63) is 46.6 Å². The molecule has 11 nitrogen and oxygen atoms in total. The van der Waals surface area contributed by atoms with E-state index in [-0.39, 0.29) is 22.3 Å². The van der Waals surface area contributed by atoms with Crippen LogP contribution in [-0.2, 0) is 4.74 Å². The zero-order valence-electron chi connectivity index (χ0n) is 17.3. The minimum atomic E-state index is -1.77. The number of ether oxygens (including phenoxy) is 3. The fourth-order valence-electron chi connectivity index (χ4n) is 3.53. The van der Waals surface area contributed by atoms with Crippen molar-refractivity contribution in [2.75, 3.05) is 13.7 Å². The zero-order chi connectivity index (χ0) is 23.9. The molecule has 33 heavy (non-hydrogen) atoms. The van der Waals surface area contributed by atoms with Crippen LogP contribution in [0.3, 0.4) is 0 Å². The lowest BCUT2D eigenvalue weighted by molar-refractivity contribution is -0.277. The van der Waals surface area contributed by atoms with Gasteiger partial charge in [-0.3, -0.25) is 4.79 Å². The van der Waals surface area contributed by atoms with E-state index >= 15 is 0 Å². The standard InChI is InChI=1S/C22H22O11/c1-30-10-3-4-11-14(7-10)31-20(9-2-5-12(24)13(25)6-9)21(16(11)26)33-22-19(29)18(28)17(27)15(8-23)32-22/h2-7,15,17-19,22-25,27-29H,8H2,1H3/t15-,17-,18+,19-,22+/m1/s1. The minimum Gasteiger partial charge on any atom is -0.504 e. The van der Waals surface area contributed by atoms with Crippen molar-refractivity contribution in [1.29, 1.82) is 0 Å². The molecule has 11 heteroatoms. The van der Waals surface area contributed by atoms with Gasteiger partial charge in [-0.1, -0.05) is 0 Å². The van der Waals surface area contributed by atoms with E-state index in [1.807, 2.05) is 0 Å². The molecule has 0 unspecified atom stereocenters. The molecule has 0 saturated carbocycles. The maximum atomic E-state index is 13.3. The molecule has 0 bridgehead atoms. The highest BCUT2D eigenvalue weighted by molar-refractivity contribution is 5.83. The lowest BCUT2D eigenvalue weighted by Crippen LogP contribution is -2.60. The van der Waals surface area contributed by atoms with Crippen LogP contribution in [0.5, 0.6) is 23.0 Å². The summed E-state index contributed by atoms with van der Waals surface area (Å²) >= 11 is 0. The summed E-state index contributed by atoms with van der Waals surface area (Å²) in [5.41, 5.74) is -0.395. The second-order valence-corrected chi connectivity index (χ2v) is 7.47. The average molecular weight is 462 g/mol. The Morgan fingerprint density at radius 3 is 2.39 bits per heavy atom. The molecule has 0 aliphatic carbocycles. The van der Waals surface area contributed by atoms with Crippen LogP contribution in [0.15, 0.2) is 45.6 Å². The predicted octanol–water partition coefficient (Wildman–Crippen LogP) is 0.0585. The van der Waals surface area contributed by atoms with E-state index in [1.165, 1.54) is 37.4 Å². The summed E-state index contributed by atoms with van der Waals surface area (Å²) in [7, 11) is 1.44. The molecular formula is C22H22O11. The molecule has 5 atom stereocenters. The van der Waals surface area contributed by atoms with Gasteiger partial charge in [0.05, 0.1) is 19.1 Å². The smallest absolute Gasteiger partial charge is 0.235 e. The van der Waals surface area contributed by atoms with Gasteiger partial charge in [0.15, 0.2) is 17.3 Å². The number of hydrogen-bond acceptors (Lipinski definition) is 11. The molecule has 3 aromatic rings. The molecule has 1 aliphatic rings. The van der Waals surface area contributed by atoms with Crippen LogP contribution in [0.2, 0.25) is 0 Å². The summed E-state index contributed by atoms with van der Waals surface area (Å²) in [5.74, 6) is -1.08. The molecule has 4 rings (SSSR count). The summed E-state index contributed by atoms with van der Waals surface area (Å²) in [6, 6.07) is 8.12. The predicted molar refractivity (Wildman–Crippen MR) is 112 cm³/mol. The molecule has 1 aromatic heterocycles. The topological polar surface area (TPSA) is 179 Å². The number of benzene rings is 2. The number of fused-ring (bicyclic) bond motifs is 1. The first-order valence-electron chi connectivity index (χ1n) is 9.89. The number of hydrogen-bond donors (Lipinski definition) is 6. The molecule has 0 spiro atoms. The van der Waals surface area contributed by atoms with Gasteiger partial charge in [0.1, 0.15) is 35.7 Å². The second kappa shape index (κ2) is 8.89. The second-order valence-electron chi connectivity index (χ2n) is 7.47. The molecule has 0 amide bonds. The van der Waals surface area contributed by atoms with E-state index in [4.69, 9.17) is 18.6 Å². The Labute approximate surface area is 186 Å². The lowest BCUT2D eigenvalue weighted by Gasteiger charge is -2.39. The van der Waals surface area contributed by atoms with Crippen molar-refractivity contribution in [3.63, 3.8) is 0 Å². The number of aliphatic hydroxyl groups is 4. The Balaban J connectivity index is 1.87. The first kappa shape index (κ1) is 22.8. The molecule has 2 heterocycles. The number of phenols is 2. The summed E-state index contributed by atoms with van der Waals surface area (Å²) in [6.45, 7) is -0.685. The zero-order valence-corrected chi connectivity index (χ0v) is 17.3. The average Bonchev–Trinajstić information content (AvgIpc) is 2.82. The highest BCUT2D eigenvalue weighted by atomic mass is 16.7. The molecule has 1 saturated heterocycles. The summed E-state index contributed by atoms with van der Waals surface area (Å²) < 4.78 is 22.0. The number of rotatable bonds is 5. The first-order chi connectivity index (χ1) is 15.7. The molecular weight excluding hydrogens is 440 g/mol. The van der Waals surface area contributed by atoms with Crippen LogP contribution in [-0.4, -0.2) is 75.1 Å². The van der Waals surface area contributed by atoms with Crippen molar-refractivity contribution in [1.82, 2.24) is 0 Å². The number of aromatic hydroxyl groups is 2. The number of aliphatic hydroxyl groups excluding tert-OH is 4. The van der Waals surface area contributed by atoms with Crippen LogP contribution >= 0.6 is 0 Å². The Bertz CT molecular complexity index is 1220. The normalized spacial score (nSPS) is 25.2. The monoisotopic (exact) mass is 462 g/mol. The maximum Gasteiger partial charge on any atom is 0.235 e. The third-order valence-electron chi connectivity index (χ3n) is 5.38. The highest BCUT2D eigenvalue weighted by Gasteiger charge is 2.45.